The number of carbonyl (C=O) groups is 2. The maximum Gasteiger partial charge on any atom is 0.282 e. The third kappa shape index (κ3) is 4.74. The van der Waals surface area contributed by atoms with Gasteiger partial charge in [-0.1, -0.05) is 49.7 Å². The van der Waals surface area contributed by atoms with Gasteiger partial charge in [0.1, 0.15) is 11.4 Å². The van der Waals surface area contributed by atoms with Crippen molar-refractivity contribution in [2.24, 2.45) is 5.92 Å². The summed E-state index contributed by atoms with van der Waals surface area (Å²) in [7, 11) is 0. The van der Waals surface area contributed by atoms with Crippen molar-refractivity contribution in [1.82, 2.24) is 0 Å². The van der Waals surface area contributed by atoms with Crippen molar-refractivity contribution in [3.05, 3.63) is 94.7 Å². The van der Waals surface area contributed by atoms with Gasteiger partial charge in [-0.2, -0.15) is 0 Å². The van der Waals surface area contributed by atoms with E-state index in [0.717, 1.165) is 22.4 Å². The van der Waals surface area contributed by atoms with E-state index in [1.807, 2.05) is 63.2 Å². The van der Waals surface area contributed by atoms with Crippen molar-refractivity contribution in [1.29, 1.82) is 0 Å². The Morgan fingerprint density at radius 2 is 1.50 bits per heavy atom. The molecule has 0 spiro atoms. The summed E-state index contributed by atoms with van der Waals surface area (Å²) in [6.45, 7) is 10.8. The van der Waals surface area contributed by atoms with Crippen molar-refractivity contribution in [3.63, 3.8) is 0 Å². The first kappa shape index (κ1) is 23.3. The average Bonchev–Trinajstić information content (AvgIpc) is 3.05. The molecule has 0 saturated heterocycles. The number of aryl methyl sites for hydroxylation is 3. The number of rotatable bonds is 7. The minimum absolute atomic E-state index is 0.275. The summed E-state index contributed by atoms with van der Waals surface area (Å²) in [6.07, 6.45) is 0. The molecule has 0 fully saturated rings. The number of hydrogen-bond acceptors (Lipinski definition) is 4. The van der Waals surface area contributed by atoms with Gasteiger partial charge < -0.3 is 10.1 Å². The number of nitrogens with zero attached hydrogens (tertiary/aromatic N) is 1. The van der Waals surface area contributed by atoms with E-state index >= 15 is 0 Å². The summed E-state index contributed by atoms with van der Waals surface area (Å²) in [5.74, 6) is 0.379. The molecule has 34 heavy (non-hydrogen) atoms. The van der Waals surface area contributed by atoms with Gasteiger partial charge in [0.2, 0.25) is 0 Å². The van der Waals surface area contributed by atoms with Crippen LogP contribution in [0.1, 0.15) is 36.1 Å². The van der Waals surface area contributed by atoms with Crippen molar-refractivity contribution in [2.45, 2.75) is 34.6 Å². The zero-order valence-corrected chi connectivity index (χ0v) is 20.3. The van der Waals surface area contributed by atoms with Crippen LogP contribution in [-0.4, -0.2) is 18.4 Å². The first-order valence-corrected chi connectivity index (χ1v) is 11.5. The Morgan fingerprint density at radius 3 is 2.12 bits per heavy atom. The molecule has 174 valence electrons. The molecule has 1 heterocycles. The first-order chi connectivity index (χ1) is 16.2. The summed E-state index contributed by atoms with van der Waals surface area (Å²) < 4.78 is 5.75. The number of benzene rings is 3. The molecule has 2 amide bonds. The summed E-state index contributed by atoms with van der Waals surface area (Å²) in [6, 6.07) is 20.6. The molecule has 5 nitrogen and oxygen atoms in total. The molecule has 3 aromatic rings. The van der Waals surface area contributed by atoms with Crippen LogP contribution < -0.4 is 15.0 Å². The molecule has 3 aromatic carbocycles. The lowest BCUT2D eigenvalue weighted by Gasteiger charge is -2.16. The Labute approximate surface area is 201 Å². The lowest BCUT2D eigenvalue weighted by Crippen LogP contribution is -2.32. The highest BCUT2D eigenvalue weighted by molar-refractivity contribution is 6.46. The molecular formula is C29H30N2O3. The summed E-state index contributed by atoms with van der Waals surface area (Å²) in [5, 5.41) is 3.24. The predicted octanol–water partition coefficient (Wildman–Crippen LogP) is 6.04. The van der Waals surface area contributed by atoms with Crippen LogP contribution in [0.15, 0.2) is 72.4 Å². The monoisotopic (exact) mass is 454 g/mol. The average molecular weight is 455 g/mol. The second kappa shape index (κ2) is 9.56. The third-order valence-corrected chi connectivity index (χ3v) is 5.88. The molecule has 0 atom stereocenters. The molecule has 1 aliphatic rings. The number of ether oxygens (including phenoxy) is 1. The molecule has 0 saturated carbocycles. The highest BCUT2D eigenvalue weighted by atomic mass is 16.5. The lowest BCUT2D eigenvalue weighted by atomic mass is 10.0. The number of hydrogen-bond donors (Lipinski definition) is 1. The molecule has 4 rings (SSSR count). The number of amides is 2. The molecule has 1 aliphatic heterocycles. The quantitative estimate of drug-likeness (QED) is 0.442. The lowest BCUT2D eigenvalue weighted by molar-refractivity contribution is -0.120. The van der Waals surface area contributed by atoms with Gasteiger partial charge >= 0.3 is 0 Å². The van der Waals surface area contributed by atoms with Gasteiger partial charge in [0, 0.05) is 5.69 Å². The SMILES string of the molecule is Cc1ccc(C2=C(Nc3ccc(C)c(C)c3)C(=O)N(c3ccc(OCC(C)C)cc3)C2=O)cc1. The van der Waals surface area contributed by atoms with Crippen molar-refractivity contribution < 1.29 is 14.3 Å². The van der Waals surface area contributed by atoms with E-state index in [9.17, 15) is 9.59 Å². The zero-order valence-electron chi connectivity index (χ0n) is 20.3. The fourth-order valence-electron chi connectivity index (χ4n) is 3.79. The Hall–Kier alpha value is -3.86. The van der Waals surface area contributed by atoms with E-state index < -0.39 is 0 Å². The van der Waals surface area contributed by atoms with Gasteiger partial charge in [-0.25, -0.2) is 4.90 Å². The van der Waals surface area contributed by atoms with E-state index in [2.05, 4.69) is 19.2 Å². The van der Waals surface area contributed by atoms with Crippen LogP contribution in [0.2, 0.25) is 0 Å². The van der Waals surface area contributed by atoms with Crippen LogP contribution in [0.25, 0.3) is 5.57 Å². The maximum absolute atomic E-state index is 13.6. The molecule has 0 aromatic heterocycles. The van der Waals surface area contributed by atoms with Gasteiger partial charge in [0.05, 0.1) is 17.9 Å². The van der Waals surface area contributed by atoms with Gasteiger partial charge in [-0.05, 0) is 79.8 Å². The van der Waals surface area contributed by atoms with Gasteiger partial charge in [0.15, 0.2) is 0 Å². The molecule has 1 N–H and O–H groups in total. The summed E-state index contributed by atoms with van der Waals surface area (Å²) in [4.78, 5) is 28.4. The fourth-order valence-corrected chi connectivity index (χ4v) is 3.79. The van der Waals surface area contributed by atoms with Crippen molar-refractivity contribution in [2.75, 3.05) is 16.8 Å². The van der Waals surface area contributed by atoms with Crippen LogP contribution in [0.3, 0.4) is 0 Å². The molecule has 0 bridgehead atoms. The zero-order chi connectivity index (χ0) is 24.4. The van der Waals surface area contributed by atoms with Crippen LogP contribution in [-0.2, 0) is 9.59 Å². The summed E-state index contributed by atoms with van der Waals surface area (Å²) >= 11 is 0. The largest absolute Gasteiger partial charge is 0.493 e. The van der Waals surface area contributed by atoms with Crippen LogP contribution in [0, 0.1) is 26.7 Å². The van der Waals surface area contributed by atoms with E-state index in [4.69, 9.17) is 4.74 Å². The Balaban J connectivity index is 1.71. The van der Waals surface area contributed by atoms with Crippen LogP contribution in [0.5, 0.6) is 5.75 Å². The minimum Gasteiger partial charge on any atom is -0.493 e. The highest BCUT2D eigenvalue weighted by Gasteiger charge is 2.40. The molecule has 0 unspecified atom stereocenters. The van der Waals surface area contributed by atoms with Crippen molar-refractivity contribution >= 4 is 28.8 Å². The topological polar surface area (TPSA) is 58.6 Å². The molecule has 0 radical (unpaired) electrons. The number of imide groups is 1. The van der Waals surface area contributed by atoms with E-state index in [1.165, 1.54) is 4.90 Å². The first-order valence-electron chi connectivity index (χ1n) is 11.5. The van der Waals surface area contributed by atoms with Gasteiger partial charge in [-0.3, -0.25) is 9.59 Å². The molecular weight excluding hydrogens is 424 g/mol. The standard InChI is InChI=1S/C29H30N2O3/c1-18(2)17-34-25-14-12-24(13-15-25)31-28(32)26(22-9-6-19(3)7-10-22)27(29(31)33)30-23-11-8-20(4)21(5)16-23/h6-16,18,30H,17H2,1-5H3. The number of nitrogens with one attached hydrogen (secondary N) is 1. The molecule has 5 heteroatoms. The van der Waals surface area contributed by atoms with E-state index in [0.29, 0.717) is 35.1 Å². The third-order valence-electron chi connectivity index (χ3n) is 5.88. The Kier molecular flexibility index (Phi) is 6.55. The van der Waals surface area contributed by atoms with Crippen LogP contribution >= 0.6 is 0 Å². The van der Waals surface area contributed by atoms with Crippen LogP contribution in [0.4, 0.5) is 11.4 Å². The smallest absolute Gasteiger partial charge is 0.282 e. The van der Waals surface area contributed by atoms with Gasteiger partial charge in [0.25, 0.3) is 11.8 Å². The maximum atomic E-state index is 13.6. The Bertz CT molecular complexity index is 1260. The molecule has 0 aliphatic carbocycles. The normalized spacial score (nSPS) is 13.8. The van der Waals surface area contributed by atoms with Gasteiger partial charge in [-0.15, -0.1) is 0 Å². The van der Waals surface area contributed by atoms with E-state index in [-0.39, 0.29) is 17.5 Å². The minimum atomic E-state index is -0.380. The number of anilines is 2. The second-order valence-electron chi connectivity index (χ2n) is 9.18. The summed E-state index contributed by atoms with van der Waals surface area (Å²) in [5.41, 5.74) is 5.96. The Morgan fingerprint density at radius 1 is 0.824 bits per heavy atom. The second-order valence-corrected chi connectivity index (χ2v) is 9.18. The van der Waals surface area contributed by atoms with E-state index in [1.54, 1.807) is 24.3 Å². The predicted molar refractivity (Wildman–Crippen MR) is 137 cm³/mol. The highest BCUT2D eigenvalue weighted by Crippen LogP contribution is 2.34. The fraction of sp³-hybridized carbons (Fsp3) is 0.241. The van der Waals surface area contributed by atoms with Crippen molar-refractivity contribution in [3.8, 4) is 5.75 Å². The number of carbonyl (C=O) groups excluding carboxylic acids is 2.